The Morgan fingerprint density at radius 1 is 0.962 bits per heavy atom. The van der Waals surface area contributed by atoms with E-state index in [9.17, 15) is 19.8 Å². The van der Waals surface area contributed by atoms with Gasteiger partial charge in [0, 0.05) is 23.6 Å². The van der Waals surface area contributed by atoms with E-state index in [-0.39, 0.29) is 29.3 Å². The molecule has 0 bridgehead atoms. The molecule has 3 N–H and O–H groups in total. The molecule has 2 rings (SSSR count). The minimum atomic E-state index is -1.09. The van der Waals surface area contributed by atoms with E-state index < -0.39 is 5.97 Å². The number of hydrogen-bond donors (Lipinski definition) is 3. The second kappa shape index (κ2) is 8.97. The highest BCUT2D eigenvalue weighted by Crippen LogP contribution is 2.21. The number of aromatic hydroxyl groups is 2. The first-order chi connectivity index (χ1) is 12.5. The van der Waals surface area contributed by atoms with E-state index in [2.05, 4.69) is 9.98 Å². The second-order valence-electron chi connectivity index (χ2n) is 5.08. The third-order valence-electron chi connectivity index (χ3n) is 3.28. The molecule has 0 aromatic heterocycles. The highest BCUT2D eigenvalue weighted by Gasteiger charge is 2.06. The van der Waals surface area contributed by atoms with E-state index in [4.69, 9.17) is 9.84 Å². The Balaban J connectivity index is 1.94. The summed E-state index contributed by atoms with van der Waals surface area (Å²) in [7, 11) is 0. The summed E-state index contributed by atoms with van der Waals surface area (Å²) in [4.78, 5) is 29.4. The number of hydrogen-bond acceptors (Lipinski definition) is 7. The van der Waals surface area contributed by atoms with Crippen molar-refractivity contribution in [1.29, 1.82) is 0 Å². The van der Waals surface area contributed by atoms with Crippen LogP contribution < -0.4 is 4.74 Å². The quantitative estimate of drug-likeness (QED) is 0.376. The molecule has 0 aliphatic rings. The lowest BCUT2D eigenvalue weighted by atomic mass is 10.1. The molecule has 0 aliphatic carbocycles. The van der Waals surface area contributed by atoms with Gasteiger partial charge in [-0.1, -0.05) is 0 Å². The van der Waals surface area contributed by atoms with E-state index in [0.717, 1.165) is 0 Å². The van der Waals surface area contributed by atoms with Gasteiger partial charge in [-0.25, -0.2) is 4.79 Å². The number of carbonyl (C=O) groups is 2. The Kier molecular flexibility index (Phi) is 6.44. The van der Waals surface area contributed by atoms with Crippen LogP contribution >= 0.6 is 0 Å². The second-order valence-corrected chi connectivity index (χ2v) is 5.08. The van der Waals surface area contributed by atoms with Crippen LogP contribution in [0.1, 0.15) is 21.5 Å². The van der Waals surface area contributed by atoms with Crippen molar-refractivity contribution in [2.24, 2.45) is 9.98 Å². The number of phenolic OH excluding ortho intramolecular Hbond substituents is 2. The smallest absolute Gasteiger partial charge is 0.335 e. The first-order valence-electron chi connectivity index (χ1n) is 7.50. The van der Waals surface area contributed by atoms with E-state index >= 15 is 0 Å². The maximum absolute atomic E-state index is 10.9. The molecule has 0 radical (unpaired) electrons. The number of aromatic carboxylic acids is 1. The lowest BCUT2D eigenvalue weighted by molar-refractivity contribution is -0.120. The summed E-state index contributed by atoms with van der Waals surface area (Å²) < 4.78 is 4.69. The number of aliphatic imine (C=N–C) groups is 2. The lowest BCUT2D eigenvalue weighted by Gasteiger charge is -2.02. The molecule has 0 atom stereocenters. The van der Waals surface area contributed by atoms with Gasteiger partial charge in [0.15, 0.2) is 0 Å². The summed E-state index contributed by atoms with van der Waals surface area (Å²) in [5.74, 6) is -0.888. The van der Waals surface area contributed by atoms with Crippen molar-refractivity contribution in [2.75, 3.05) is 13.1 Å². The van der Waals surface area contributed by atoms with Crippen LogP contribution in [0.25, 0.3) is 0 Å². The van der Waals surface area contributed by atoms with Crippen LogP contribution in [0.4, 0.5) is 0 Å². The summed E-state index contributed by atoms with van der Waals surface area (Å²) in [5, 5.41) is 28.3. The summed E-state index contributed by atoms with van der Waals surface area (Å²) in [6.07, 6.45) is 2.79. The van der Waals surface area contributed by atoms with Crippen molar-refractivity contribution in [3.05, 3.63) is 53.1 Å². The predicted octanol–water partition coefficient (Wildman–Crippen LogP) is 1.87. The van der Waals surface area contributed by atoms with Crippen molar-refractivity contribution in [1.82, 2.24) is 0 Å². The molecule has 8 heteroatoms. The summed E-state index contributed by atoms with van der Waals surface area (Å²) >= 11 is 0. The number of phenols is 2. The van der Waals surface area contributed by atoms with Gasteiger partial charge >= 0.3 is 5.97 Å². The molecular formula is C18H16N2O6. The van der Waals surface area contributed by atoms with Crippen LogP contribution in [0.2, 0.25) is 0 Å². The third-order valence-corrected chi connectivity index (χ3v) is 3.28. The monoisotopic (exact) mass is 356 g/mol. The fourth-order valence-corrected chi connectivity index (χ4v) is 2.00. The first kappa shape index (κ1) is 18.7. The number of carboxylic acids is 1. The lowest BCUT2D eigenvalue weighted by Crippen LogP contribution is -1.98. The Labute approximate surface area is 148 Å². The maximum Gasteiger partial charge on any atom is 0.335 e. The molecule has 2 aromatic carbocycles. The number of ether oxygens (including phenoxy) is 1. The Hall–Kier alpha value is -3.68. The Morgan fingerprint density at radius 2 is 1.54 bits per heavy atom. The highest BCUT2D eigenvalue weighted by molar-refractivity contribution is 5.92. The van der Waals surface area contributed by atoms with Gasteiger partial charge in [0.25, 0.3) is 6.47 Å². The van der Waals surface area contributed by atoms with Crippen molar-refractivity contribution < 1.29 is 29.6 Å². The van der Waals surface area contributed by atoms with E-state index in [0.29, 0.717) is 24.2 Å². The molecule has 0 aliphatic heterocycles. The van der Waals surface area contributed by atoms with Crippen molar-refractivity contribution >= 4 is 24.9 Å². The van der Waals surface area contributed by atoms with Crippen LogP contribution in [0, 0.1) is 0 Å². The SMILES string of the molecule is O=COc1ccc(O)c(/C=N/CC/N=C/c2cc(C(=O)O)ccc2O)c1. The predicted molar refractivity (Wildman–Crippen MR) is 94.8 cm³/mol. The number of carbonyl (C=O) groups excluding carboxylic acids is 1. The van der Waals surface area contributed by atoms with Gasteiger partial charge in [-0.15, -0.1) is 0 Å². The molecule has 0 saturated carbocycles. The Morgan fingerprint density at radius 3 is 2.12 bits per heavy atom. The van der Waals surface area contributed by atoms with Crippen LogP contribution in [-0.2, 0) is 4.79 Å². The molecule has 0 amide bonds. The van der Waals surface area contributed by atoms with Crippen LogP contribution in [0.3, 0.4) is 0 Å². The number of carboxylic acid groups (broad SMARTS) is 1. The van der Waals surface area contributed by atoms with E-state index in [1.54, 1.807) is 0 Å². The minimum absolute atomic E-state index is 0.00842. The van der Waals surface area contributed by atoms with Crippen molar-refractivity contribution in [2.45, 2.75) is 0 Å². The molecule has 8 nitrogen and oxygen atoms in total. The van der Waals surface area contributed by atoms with Gasteiger partial charge < -0.3 is 20.1 Å². The van der Waals surface area contributed by atoms with Crippen molar-refractivity contribution in [3.63, 3.8) is 0 Å². The van der Waals surface area contributed by atoms with Gasteiger partial charge in [-0.05, 0) is 36.4 Å². The zero-order valence-electron chi connectivity index (χ0n) is 13.6. The average Bonchev–Trinajstić information content (AvgIpc) is 2.61. The average molecular weight is 356 g/mol. The van der Waals surface area contributed by atoms with Crippen LogP contribution in [0.15, 0.2) is 46.4 Å². The van der Waals surface area contributed by atoms with Crippen molar-refractivity contribution in [3.8, 4) is 17.2 Å². The topological polar surface area (TPSA) is 129 Å². The fourth-order valence-electron chi connectivity index (χ4n) is 2.00. The number of benzene rings is 2. The molecule has 0 fully saturated rings. The molecular weight excluding hydrogens is 340 g/mol. The van der Waals surface area contributed by atoms with Gasteiger partial charge in [0.1, 0.15) is 17.2 Å². The molecule has 0 saturated heterocycles. The molecule has 0 spiro atoms. The molecule has 134 valence electrons. The first-order valence-corrected chi connectivity index (χ1v) is 7.50. The van der Waals surface area contributed by atoms with Gasteiger partial charge in [-0.3, -0.25) is 14.8 Å². The van der Waals surface area contributed by atoms with Gasteiger partial charge in [0.05, 0.1) is 18.7 Å². The van der Waals surface area contributed by atoms with E-state index in [1.807, 2.05) is 0 Å². The summed E-state index contributed by atoms with van der Waals surface area (Å²) in [6.45, 7) is 0.878. The minimum Gasteiger partial charge on any atom is -0.507 e. The van der Waals surface area contributed by atoms with E-state index in [1.165, 1.54) is 48.8 Å². The summed E-state index contributed by atoms with van der Waals surface area (Å²) in [6, 6.07) is 8.21. The number of rotatable bonds is 8. The molecule has 0 unspecified atom stereocenters. The van der Waals surface area contributed by atoms with Crippen LogP contribution in [-0.4, -0.2) is 53.3 Å². The highest BCUT2D eigenvalue weighted by atomic mass is 16.5. The number of nitrogens with zero attached hydrogens (tertiary/aromatic N) is 2. The maximum atomic E-state index is 10.9. The van der Waals surface area contributed by atoms with Crippen LogP contribution in [0.5, 0.6) is 17.2 Å². The standard InChI is InChI=1S/C18H16N2O6/c21-11-26-15-2-4-17(23)14(8-15)10-20-6-5-19-9-13-7-12(18(24)25)1-3-16(13)22/h1-4,7-11,22-23H,5-6H2,(H,24,25)/b19-9+,20-10+. The largest absolute Gasteiger partial charge is 0.507 e. The molecule has 26 heavy (non-hydrogen) atoms. The molecule has 0 heterocycles. The third kappa shape index (κ3) is 5.17. The molecule has 2 aromatic rings. The Bertz CT molecular complexity index is 861. The zero-order chi connectivity index (χ0) is 18.9. The fraction of sp³-hybridized carbons (Fsp3) is 0.111. The summed E-state index contributed by atoms with van der Waals surface area (Å²) in [5.41, 5.74) is 0.737. The van der Waals surface area contributed by atoms with Gasteiger partial charge in [-0.2, -0.15) is 0 Å². The van der Waals surface area contributed by atoms with Gasteiger partial charge in [0.2, 0.25) is 0 Å². The normalized spacial score (nSPS) is 11.1. The zero-order valence-corrected chi connectivity index (χ0v) is 13.6.